The molecule has 3 aromatic rings. The van der Waals surface area contributed by atoms with Crippen molar-refractivity contribution < 1.29 is 38.3 Å². The van der Waals surface area contributed by atoms with Gasteiger partial charge in [0.25, 0.3) is 0 Å². The number of phosphoric ester groups is 1. The molecule has 14 nitrogen and oxygen atoms in total. The third-order valence-electron chi connectivity index (χ3n) is 5.21. The first-order valence-corrected chi connectivity index (χ1v) is 11.6. The Morgan fingerprint density at radius 2 is 1.94 bits per heavy atom. The van der Waals surface area contributed by atoms with Gasteiger partial charge in [-0.25, -0.2) is 24.3 Å². The molecule has 0 aliphatic carbocycles. The Labute approximate surface area is 192 Å². The molecule has 1 unspecified atom stereocenters. The second-order valence-electron chi connectivity index (χ2n) is 7.60. The van der Waals surface area contributed by atoms with E-state index in [1.54, 1.807) is 30.3 Å². The molecule has 1 aliphatic heterocycles. The number of nitrogens with zero attached hydrogens (tertiary/aromatic N) is 4. The molecule has 1 saturated heterocycles. The van der Waals surface area contributed by atoms with Gasteiger partial charge in [-0.1, -0.05) is 30.3 Å². The molecule has 0 amide bonds. The summed E-state index contributed by atoms with van der Waals surface area (Å²) in [6, 6.07) is 7.60. The van der Waals surface area contributed by atoms with E-state index in [1.807, 2.05) is 0 Å². The van der Waals surface area contributed by atoms with Crippen LogP contribution in [0.1, 0.15) is 11.8 Å². The van der Waals surface area contributed by atoms with E-state index < -0.39 is 51.0 Å². The predicted octanol–water partition coefficient (Wildman–Crippen LogP) is -0.742. The lowest BCUT2D eigenvalue weighted by atomic mass is 10.1. The van der Waals surface area contributed by atoms with Crippen molar-refractivity contribution in [3.8, 4) is 0 Å². The number of imidazole rings is 1. The topological polar surface area (TPSA) is 218 Å². The average molecular weight is 494 g/mol. The van der Waals surface area contributed by atoms with E-state index >= 15 is 0 Å². The van der Waals surface area contributed by atoms with E-state index in [1.165, 1.54) is 17.2 Å². The summed E-state index contributed by atoms with van der Waals surface area (Å²) < 4.78 is 28.5. The highest BCUT2D eigenvalue weighted by Gasteiger charge is 2.45. The molecule has 1 aromatic carbocycles. The maximum absolute atomic E-state index is 12.2. The first kappa shape index (κ1) is 24.2. The molecular formula is C19H23N6O8P. The zero-order valence-corrected chi connectivity index (χ0v) is 18.5. The Balaban J connectivity index is 1.36. The molecular weight excluding hydrogens is 471 g/mol. The van der Waals surface area contributed by atoms with Gasteiger partial charge in [0.15, 0.2) is 17.7 Å². The van der Waals surface area contributed by atoms with E-state index in [-0.39, 0.29) is 23.4 Å². The van der Waals surface area contributed by atoms with Crippen molar-refractivity contribution in [1.29, 1.82) is 0 Å². The summed E-state index contributed by atoms with van der Waals surface area (Å²) in [5.74, 6) is -1.02. The first-order chi connectivity index (χ1) is 16.2. The highest BCUT2D eigenvalue weighted by atomic mass is 31.2. The minimum atomic E-state index is -4.89. The highest BCUT2D eigenvalue weighted by Crippen LogP contribution is 2.45. The monoisotopic (exact) mass is 494 g/mol. The normalized spacial score (nSPS) is 25.2. The number of aliphatic hydroxyl groups excluding tert-OH is 2. The lowest BCUT2D eigenvalue weighted by molar-refractivity contribution is -0.137. The third-order valence-corrected chi connectivity index (χ3v) is 6.09. The van der Waals surface area contributed by atoms with Crippen molar-refractivity contribution in [2.24, 2.45) is 5.73 Å². The van der Waals surface area contributed by atoms with Gasteiger partial charge in [0.2, 0.25) is 0 Å². The van der Waals surface area contributed by atoms with Crippen molar-refractivity contribution >= 4 is 30.8 Å². The standard InChI is InChI=1S/C19H23N6O8P/c20-11(6-10-4-2-1-3-5-10)19(28)33-34(29,30)31-7-12-14(26)15(27)18(32-12)25-9-24-13-16(21)22-8-23-17(13)25/h1-5,8-9,11-12,14-15,18,26-27H,6-7,20H2,(H,29,30)(H2,21,22,23)/t11-,12+,14+,15+,18+/m0/s1. The van der Waals surface area contributed by atoms with E-state index in [4.69, 9.17) is 20.7 Å². The molecule has 0 saturated carbocycles. The summed E-state index contributed by atoms with van der Waals surface area (Å²) in [4.78, 5) is 34.0. The van der Waals surface area contributed by atoms with Gasteiger partial charge < -0.3 is 30.9 Å². The Morgan fingerprint density at radius 1 is 1.21 bits per heavy atom. The number of anilines is 1. The van der Waals surface area contributed by atoms with Crippen LogP contribution < -0.4 is 11.5 Å². The Bertz CT molecular complexity index is 1210. The average Bonchev–Trinajstić information content (AvgIpc) is 3.35. The van der Waals surface area contributed by atoms with E-state index in [0.29, 0.717) is 0 Å². The van der Waals surface area contributed by atoms with Crippen molar-refractivity contribution in [2.45, 2.75) is 37.0 Å². The summed E-state index contributed by atoms with van der Waals surface area (Å²) in [6.07, 6.45) is -2.76. The van der Waals surface area contributed by atoms with Crippen LogP contribution in [0.15, 0.2) is 43.0 Å². The fourth-order valence-corrected chi connectivity index (χ4v) is 4.23. The Hall–Kier alpha value is -2.97. The van der Waals surface area contributed by atoms with Gasteiger partial charge in [-0.05, 0) is 12.0 Å². The fraction of sp³-hybridized carbons (Fsp3) is 0.368. The molecule has 34 heavy (non-hydrogen) atoms. The molecule has 4 rings (SSSR count). The van der Waals surface area contributed by atoms with Crippen LogP contribution >= 0.6 is 7.82 Å². The number of hydrogen-bond acceptors (Lipinski definition) is 12. The van der Waals surface area contributed by atoms with Crippen LogP contribution in [0.4, 0.5) is 5.82 Å². The number of aromatic nitrogens is 4. The summed E-state index contributed by atoms with van der Waals surface area (Å²) in [6.45, 7) is -0.673. The number of ether oxygens (including phenoxy) is 1. The van der Waals surface area contributed by atoms with Gasteiger partial charge in [-0.2, -0.15) is 0 Å². The highest BCUT2D eigenvalue weighted by molar-refractivity contribution is 7.48. The maximum atomic E-state index is 12.2. The van der Waals surface area contributed by atoms with Gasteiger partial charge in [0.05, 0.1) is 12.9 Å². The van der Waals surface area contributed by atoms with Crippen molar-refractivity contribution in [1.82, 2.24) is 19.5 Å². The zero-order valence-electron chi connectivity index (χ0n) is 17.6. The number of rotatable bonds is 8. The Kier molecular flexibility index (Phi) is 6.91. The second kappa shape index (κ2) is 9.72. The number of fused-ring (bicyclic) bond motifs is 1. The number of phosphoric acid groups is 1. The van der Waals surface area contributed by atoms with E-state index in [2.05, 4.69) is 19.5 Å². The van der Waals surface area contributed by atoms with Crippen LogP contribution in [0.5, 0.6) is 0 Å². The zero-order chi connectivity index (χ0) is 24.5. The fourth-order valence-electron chi connectivity index (χ4n) is 3.48. The van der Waals surface area contributed by atoms with E-state index in [0.717, 1.165) is 5.56 Å². The molecule has 0 radical (unpaired) electrons. The molecule has 6 atom stereocenters. The third kappa shape index (κ3) is 5.08. The predicted molar refractivity (Wildman–Crippen MR) is 116 cm³/mol. The minimum Gasteiger partial charge on any atom is -0.387 e. The van der Waals surface area contributed by atoms with Crippen LogP contribution in [0, 0.1) is 0 Å². The smallest absolute Gasteiger partial charge is 0.387 e. The summed E-state index contributed by atoms with van der Waals surface area (Å²) in [5.41, 5.74) is 12.8. The molecule has 1 fully saturated rings. The molecule has 2 aromatic heterocycles. The first-order valence-electron chi connectivity index (χ1n) is 10.1. The second-order valence-corrected chi connectivity index (χ2v) is 8.98. The van der Waals surface area contributed by atoms with Gasteiger partial charge in [0.1, 0.15) is 36.2 Å². The lowest BCUT2D eigenvalue weighted by Gasteiger charge is -2.18. The van der Waals surface area contributed by atoms with Crippen molar-refractivity contribution in [2.75, 3.05) is 12.3 Å². The van der Waals surface area contributed by atoms with Crippen LogP contribution in [0.2, 0.25) is 0 Å². The summed E-state index contributed by atoms with van der Waals surface area (Å²) in [5, 5.41) is 20.8. The number of carbonyl (C=O) groups excluding carboxylic acids is 1. The van der Waals surface area contributed by atoms with Gasteiger partial charge >= 0.3 is 13.8 Å². The molecule has 7 N–H and O–H groups in total. The Morgan fingerprint density at radius 3 is 2.68 bits per heavy atom. The summed E-state index contributed by atoms with van der Waals surface area (Å²) >= 11 is 0. The van der Waals surface area contributed by atoms with Crippen molar-refractivity contribution in [3.05, 3.63) is 48.5 Å². The number of nitrogens with two attached hydrogens (primary N) is 2. The van der Waals surface area contributed by atoms with Crippen LogP contribution in [0.3, 0.4) is 0 Å². The van der Waals surface area contributed by atoms with Crippen LogP contribution in [0.25, 0.3) is 11.2 Å². The lowest BCUT2D eigenvalue weighted by Crippen LogP contribution is -2.35. The SMILES string of the molecule is Nc1ncnc2c1ncn2[C@@H]1O[C@H](COP(=O)(O)OC(=O)[C@@H](N)Cc2ccccc2)[C@@H](O)[C@H]1O. The van der Waals surface area contributed by atoms with Gasteiger partial charge in [-0.3, -0.25) is 14.0 Å². The van der Waals surface area contributed by atoms with Crippen molar-refractivity contribution in [3.63, 3.8) is 0 Å². The van der Waals surface area contributed by atoms with Crippen LogP contribution in [-0.4, -0.2) is 71.6 Å². The maximum Gasteiger partial charge on any atom is 0.529 e. The number of aliphatic hydroxyl groups is 2. The number of benzene rings is 1. The number of nitrogen functional groups attached to an aromatic ring is 1. The molecule has 3 heterocycles. The largest absolute Gasteiger partial charge is 0.529 e. The molecule has 1 aliphatic rings. The van der Waals surface area contributed by atoms with Gasteiger partial charge in [0, 0.05) is 0 Å². The molecule has 0 bridgehead atoms. The quantitative estimate of drug-likeness (QED) is 0.244. The van der Waals surface area contributed by atoms with Crippen LogP contribution in [-0.2, 0) is 29.6 Å². The summed E-state index contributed by atoms with van der Waals surface area (Å²) in [7, 11) is -4.89. The van der Waals surface area contributed by atoms with Gasteiger partial charge in [-0.15, -0.1) is 0 Å². The number of carbonyl (C=O) groups is 1. The van der Waals surface area contributed by atoms with E-state index in [9.17, 15) is 24.5 Å². The molecule has 15 heteroatoms. The number of hydrogen-bond donors (Lipinski definition) is 5. The molecule has 182 valence electrons. The molecule has 0 spiro atoms. The minimum absolute atomic E-state index is 0.0882.